The summed E-state index contributed by atoms with van der Waals surface area (Å²) in [5.41, 5.74) is 0. The second-order valence-electron chi connectivity index (χ2n) is 7.53. The molecule has 0 unspecified atom stereocenters. The molecule has 0 radical (unpaired) electrons. The van der Waals surface area contributed by atoms with E-state index in [9.17, 15) is 0 Å². The Labute approximate surface area is 165 Å². The molecule has 0 aliphatic carbocycles. The summed E-state index contributed by atoms with van der Waals surface area (Å²) in [6, 6.07) is 0. The highest BCUT2D eigenvalue weighted by Gasteiger charge is 1.94. The molecule has 0 amide bonds. The molecule has 0 nitrogen and oxygen atoms in total. The van der Waals surface area contributed by atoms with Crippen molar-refractivity contribution in [2.45, 2.75) is 116 Å². The maximum atomic E-state index is 3.65. The van der Waals surface area contributed by atoms with Crippen LogP contribution in [0.4, 0.5) is 0 Å². The molecule has 0 heteroatoms. The fourth-order valence-corrected chi connectivity index (χ4v) is 3.26. The van der Waals surface area contributed by atoms with Crippen molar-refractivity contribution in [1.29, 1.82) is 0 Å². The first-order chi connectivity index (χ1) is 12.9. The molecule has 150 valence electrons. The molecular weight excluding hydrogens is 312 g/mol. The van der Waals surface area contributed by atoms with Gasteiger partial charge in [-0.3, -0.25) is 0 Å². The minimum Gasteiger partial charge on any atom is -0.0991 e. The van der Waals surface area contributed by atoms with Gasteiger partial charge in [0, 0.05) is 0 Å². The number of unbranched alkanes of at least 4 members (excludes halogenated alkanes) is 16. The van der Waals surface area contributed by atoms with Gasteiger partial charge in [0.15, 0.2) is 0 Å². The van der Waals surface area contributed by atoms with E-state index in [1.807, 2.05) is 18.2 Å². The first kappa shape index (κ1) is 25.0. The number of rotatable bonds is 20. The minimum atomic E-state index is 1.22. The SMILES string of the molecule is C=C/C=C/C=C/C=C/CCCCCCCCCCCCCCCCCC. The molecule has 0 saturated heterocycles. The van der Waals surface area contributed by atoms with Crippen LogP contribution in [-0.2, 0) is 0 Å². The van der Waals surface area contributed by atoms with Gasteiger partial charge >= 0.3 is 0 Å². The van der Waals surface area contributed by atoms with Crippen molar-refractivity contribution >= 4 is 0 Å². The third kappa shape index (κ3) is 23.0. The Morgan fingerprint density at radius 3 is 1.31 bits per heavy atom. The van der Waals surface area contributed by atoms with Crippen LogP contribution in [0.5, 0.6) is 0 Å². The Morgan fingerprint density at radius 2 is 0.846 bits per heavy atom. The molecular formula is C26H46. The van der Waals surface area contributed by atoms with E-state index in [1.165, 1.54) is 109 Å². The molecule has 0 aromatic rings. The monoisotopic (exact) mass is 358 g/mol. The van der Waals surface area contributed by atoms with Crippen LogP contribution in [0, 0.1) is 0 Å². The lowest BCUT2D eigenvalue weighted by atomic mass is 10.0. The summed E-state index contributed by atoms with van der Waals surface area (Å²) in [7, 11) is 0. The van der Waals surface area contributed by atoms with Gasteiger partial charge in [-0.25, -0.2) is 0 Å². The molecule has 0 aliphatic rings. The second-order valence-corrected chi connectivity index (χ2v) is 7.53. The van der Waals surface area contributed by atoms with Gasteiger partial charge in [0.25, 0.3) is 0 Å². The van der Waals surface area contributed by atoms with Crippen LogP contribution in [0.1, 0.15) is 116 Å². The molecule has 0 aromatic carbocycles. The predicted octanol–water partition coefficient (Wildman–Crippen LogP) is 9.49. The van der Waals surface area contributed by atoms with Gasteiger partial charge in [-0.2, -0.15) is 0 Å². The van der Waals surface area contributed by atoms with Crippen molar-refractivity contribution in [3.8, 4) is 0 Å². The van der Waals surface area contributed by atoms with Gasteiger partial charge in [0.2, 0.25) is 0 Å². The van der Waals surface area contributed by atoms with Gasteiger partial charge in [-0.1, -0.05) is 152 Å². The molecule has 0 N–H and O–H groups in total. The molecule has 0 saturated carbocycles. The summed E-state index contributed by atoms with van der Waals surface area (Å²) in [6.45, 7) is 5.94. The predicted molar refractivity (Wildman–Crippen MR) is 122 cm³/mol. The molecule has 0 fully saturated rings. The quantitative estimate of drug-likeness (QED) is 0.150. The van der Waals surface area contributed by atoms with Crippen LogP contribution < -0.4 is 0 Å². The zero-order valence-electron chi connectivity index (χ0n) is 17.8. The first-order valence-corrected chi connectivity index (χ1v) is 11.5. The lowest BCUT2D eigenvalue weighted by Gasteiger charge is -2.03. The zero-order valence-corrected chi connectivity index (χ0v) is 17.8. The zero-order chi connectivity index (χ0) is 19.0. The van der Waals surface area contributed by atoms with Gasteiger partial charge < -0.3 is 0 Å². The van der Waals surface area contributed by atoms with E-state index >= 15 is 0 Å². The Bertz CT molecular complexity index is 345. The van der Waals surface area contributed by atoms with Gasteiger partial charge in [-0.15, -0.1) is 0 Å². The van der Waals surface area contributed by atoms with Crippen molar-refractivity contribution in [1.82, 2.24) is 0 Å². The molecule has 0 bridgehead atoms. The van der Waals surface area contributed by atoms with E-state index in [0.717, 1.165) is 0 Å². The van der Waals surface area contributed by atoms with Crippen LogP contribution in [0.3, 0.4) is 0 Å². The average molecular weight is 359 g/mol. The Hall–Kier alpha value is -1.04. The average Bonchev–Trinajstić information content (AvgIpc) is 2.66. The van der Waals surface area contributed by atoms with E-state index in [2.05, 4.69) is 31.7 Å². The highest BCUT2D eigenvalue weighted by molar-refractivity contribution is 5.14. The van der Waals surface area contributed by atoms with Gasteiger partial charge in [0.1, 0.15) is 0 Å². The number of allylic oxidation sites excluding steroid dienone is 7. The van der Waals surface area contributed by atoms with Crippen LogP contribution in [0.15, 0.2) is 49.1 Å². The van der Waals surface area contributed by atoms with Crippen LogP contribution in [-0.4, -0.2) is 0 Å². The van der Waals surface area contributed by atoms with Gasteiger partial charge in [-0.05, 0) is 12.8 Å². The molecule has 0 aliphatic heterocycles. The first-order valence-electron chi connectivity index (χ1n) is 11.5. The third-order valence-corrected chi connectivity index (χ3v) is 4.94. The molecule has 0 atom stereocenters. The summed E-state index contributed by atoms with van der Waals surface area (Å²) in [5.74, 6) is 0. The van der Waals surface area contributed by atoms with Crippen LogP contribution >= 0.6 is 0 Å². The van der Waals surface area contributed by atoms with Crippen molar-refractivity contribution in [2.24, 2.45) is 0 Å². The maximum Gasteiger partial charge on any atom is -0.0348 e. The fourth-order valence-electron chi connectivity index (χ4n) is 3.26. The van der Waals surface area contributed by atoms with Gasteiger partial charge in [0.05, 0.1) is 0 Å². The number of hydrogen-bond donors (Lipinski definition) is 0. The summed E-state index contributed by atoms with van der Waals surface area (Å²) < 4.78 is 0. The lowest BCUT2D eigenvalue weighted by Crippen LogP contribution is -1.83. The van der Waals surface area contributed by atoms with Crippen molar-refractivity contribution < 1.29 is 0 Å². The third-order valence-electron chi connectivity index (χ3n) is 4.94. The summed E-state index contributed by atoms with van der Waals surface area (Å²) in [6.07, 6.45) is 38.6. The Morgan fingerprint density at radius 1 is 0.462 bits per heavy atom. The molecule has 0 heterocycles. The normalized spacial score (nSPS) is 12.0. The van der Waals surface area contributed by atoms with E-state index in [-0.39, 0.29) is 0 Å². The second kappa shape index (κ2) is 24.0. The summed E-state index contributed by atoms with van der Waals surface area (Å²) in [4.78, 5) is 0. The highest BCUT2D eigenvalue weighted by Crippen LogP contribution is 2.14. The highest BCUT2D eigenvalue weighted by atomic mass is 14.0. The summed E-state index contributed by atoms with van der Waals surface area (Å²) >= 11 is 0. The van der Waals surface area contributed by atoms with Crippen LogP contribution in [0.2, 0.25) is 0 Å². The Kier molecular flexibility index (Phi) is 23.0. The lowest BCUT2D eigenvalue weighted by molar-refractivity contribution is 0.530. The minimum absolute atomic E-state index is 1.22. The maximum absolute atomic E-state index is 3.65. The van der Waals surface area contributed by atoms with Crippen molar-refractivity contribution in [2.75, 3.05) is 0 Å². The molecule has 0 aromatic heterocycles. The largest absolute Gasteiger partial charge is 0.0991 e. The van der Waals surface area contributed by atoms with Crippen molar-refractivity contribution in [3.63, 3.8) is 0 Å². The van der Waals surface area contributed by atoms with E-state index < -0.39 is 0 Å². The van der Waals surface area contributed by atoms with E-state index in [4.69, 9.17) is 0 Å². The van der Waals surface area contributed by atoms with Crippen molar-refractivity contribution in [3.05, 3.63) is 49.1 Å². The fraction of sp³-hybridized carbons (Fsp3) is 0.692. The summed E-state index contributed by atoms with van der Waals surface area (Å²) in [5, 5.41) is 0. The van der Waals surface area contributed by atoms with E-state index in [1.54, 1.807) is 6.08 Å². The molecule has 0 rings (SSSR count). The molecule has 0 spiro atoms. The molecule has 26 heavy (non-hydrogen) atoms. The smallest absolute Gasteiger partial charge is 0.0348 e. The standard InChI is InChI=1S/C26H46/c1-3-5-7-9-11-13-15-17-19-21-23-25-26-24-22-20-18-16-14-12-10-8-6-4-2/h3,5,7,9,11,13,15H,1,4,6,8,10,12,14,16-26H2,2H3/b7-5+,11-9+,15-13+. The topological polar surface area (TPSA) is 0 Å². The number of hydrogen-bond acceptors (Lipinski definition) is 0. The Balaban J connectivity index is 3.11. The van der Waals surface area contributed by atoms with E-state index in [0.29, 0.717) is 0 Å². The van der Waals surface area contributed by atoms with Crippen LogP contribution in [0.25, 0.3) is 0 Å².